The van der Waals surface area contributed by atoms with Crippen molar-refractivity contribution in [1.29, 1.82) is 0 Å². The zero-order valence-corrected chi connectivity index (χ0v) is 9.38. The number of hydrogen-bond acceptors (Lipinski definition) is 3. The van der Waals surface area contributed by atoms with Gasteiger partial charge in [-0.05, 0) is 18.2 Å². The zero-order valence-electron chi connectivity index (χ0n) is 7.75. The maximum absolute atomic E-state index is 13.3. The zero-order chi connectivity index (χ0) is 9.97. The fraction of sp³-hybridized carbons (Fsp3) is 0.400. The summed E-state index contributed by atoms with van der Waals surface area (Å²) >= 11 is 3.66. The van der Waals surface area contributed by atoms with Gasteiger partial charge in [-0.15, -0.1) is 23.5 Å². The van der Waals surface area contributed by atoms with Gasteiger partial charge in [-0.2, -0.15) is 0 Å². The topological polar surface area (TPSA) is 9.23 Å². The molecule has 0 bridgehead atoms. The third kappa shape index (κ3) is 1.86. The molecule has 1 aliphatic heterocycles. The van der Waals surface area contributed by atoms with Gasteiger partial charge in [0.05, 0.1) is 11.7 Å². The highest BCUT2D eigenvalue weighted by molar-refractivity contribution is 8.19. The van der Waals surface area contributed by atoms with Crippen molar-refractivity contribution < 1.29 is 9.13 Å². The lowest BCUT2D eigenvalue weighted by Gasteiger charge is -2.13. The standard InChI is InChI=1S/C10H10FOS2/c1-12-9-7(3-2-4-8(9)11)10-13-5-6-14-10/h3-4,10H,5-6H2,1H3. The molecule has 1 aromatic carbocycles. The first-order valence-electron chi connectivity index (χ1n) is 4.29. The lowest BCUT2D eigenvalue weighted by molar-refractivity contribution is 0.383. The predicted octanol–water partition coefficient (Wildman–Crippen LogP) is 3.11. The van der Waals surface area contributed by atoms with Crippen molar-refractivity contribution in [3.05, 3.63) is 29.6 Å². The van der Waals surface area contributed by atoms with Crippen LogP contribution >= 0.6 is 23.5 Å². The van der Waals surface area contributed by atoms with Crippen molar-refractivity contribution in [3.63, 3.8) is 0 Å². The highest BCUT2D eigenvalue weighted by Crippen LogP contribution is 2.48. The van der Waals surface area contributed by atoms with E-state index in [2.05, 4.69) is 6.07 Å². The third-order valence-electron chi connectivity index (χ3n) is 2.01. The maximum atomic E-state index is 13.3. The van der Waals surface area contributed by atoms with Crippen LogP contribution in [0.15, 0.2) is 12.1 Å². The van der Waals surface area contributed by atoms with Crippen LogP contribution < -0.4 is 4.74 Å². The maximum Gasteiger partial charge on any atom is 0.166 e. The Morgan fingerprint density at radius 2 is 2.14 bits per heavy atom. The van der Waals surface area contributed by atoms with Crippen LogP contribution in [-0.2, 0) is 0 Å². The van der Waals surface area contributed by atoms with E-state index in [4.69, 9.17) is 4.74 Å². The Labute approximate surface area is 91.4 Å². The Bertz CT molecular complexity index is 324. The van der Waals surface area contributed by atoms with Gasteiger partial charge in [-0.25, -0.2) is 4.39 Å². The molecule has 0 unspecified atom stereocenters. The van der Waals surface area contributed by atoms with Crippen LogP contribution in [-0.4, -0.2) is 18.6 Å². The van der Waals surface area contributed by atoms with Gasteiger partial charge in [0.25, 0.3) is 0 Å². The molecular weight excluding hydrogens is 219 g/mol. The SMILES string of the molecule is COc1c(F)c[c]cc1C1SCCS1. The van der Waals surface area contributed by atoms with Crippen LogP contribution in [0.2, 0.25) is 0 Å². The molecular formula is C10H10FOS2. The number of halogens is 1. The van der Waals surface area contributed by atoms with Gasteiger partial charge in [-0.3, -0.25) is 0 Å². The number of thioether (sulfide) groups is 2. The Hall–Kier alpha value is -0.350. The summed E-state index contributed by atoms with van der Waals surface area (Å²) in [6, 6.07) is 5.93. The molecule has 1 fully saturated rings. The van der Waals surface area contributed by atoms with E-state index in [-0.39, 0.29) is 5.82 Å². The summed E-state index contributed by atoms with van der Waals surface area (Å²) in [5, 5.41) is 0. The van der Waals surface area contributed by atoms with E-state index in [0.717, 1.165) is 17.1 Å². The summed E-state index contributed by atoms with van der Waals surface area (Å²) in [6.07, 6.45) is 0. The molecule has 1 aromatic rings. The van der Waals surface area contributed by atoms with Crippen molar-refractivity contribution in [1.82, 2.24) is 0 Å². The monoisotopic (exact) mass is 229 g/mol. The van der Waals surface area contributed by atoms with Crippen LogP contribution in [0.1, 0.15) is 10.1 Å². The van der Waals surface area contributed by atoms with Crippen LogP contribution in [0.4, 0.5) is 4.39 Å². The van der Waals surface area contributed by atoms with Crippen LogP contribution in [0, 0.1) is 11.9 Å². The molecule has 1 nitrogen and oxygen atoms in total. The van der Waals surface area contributed by atoms with E-state index in [9.17, 15) is 4.39 Å². The van der Waals surface area contributed by atoms with Gasteiger partial charge in [-0.1, -0.05) is 0 Å². The normalized spacial score (nSPS) is 17.3. The van der Waals surface area contributed by atoms with Crippen molar-refractivity contribution in [2.75, 3.05) is 18.6 Å². The summed E-state index contributed by atoms with van der Waals surface area (Å²) in [4.78, 5) is 0. The van der Waals surface area contributed by atoms with Crippen LogP contribution in [0.5, 0.6) is 5.75 Å². The van der Waals surface area contributed by atoms with Gasteiger partial charge >= 0.3 is 0 Å². The molecule has 75 valence electrons. The first-order chi connectivity index (χ1) is 6.83. The molecule has 0 saturated carbocycles. The summed E-state index contributed by atoms with van der Waals surface area (Å²) < 4.78 is 18.7. The minimum absolute atomic E-state index is 0.303. The van der Waals surface area contributed by atoms with E-state index in [0.29, 0.717) is 10.3 Å². The minimum Gasteiger partial charge on any atom is -0.493 e. The number of ether oxygens (including phenoxy) is 1. The molecule has 1 aliphatic rings. The molecule has 14 heavy (non-hydrogen) atoms. The number of benzene rings is 1. The first-order valence-corrected chi connectivity index (χ1v) is 6.39. The Morgan fingerprint density at radius 1 is 1.43 bits per heavy atom. The molecule has 0 amide bonds. The second kappa shape index (κ2) is 4.45. The Balaban J connectivity index is 2.35. The number of rotatable bonds is 2. The average Bonchev–Trinajstić information content (AvgIpc) is 2.70. The van der Waals surface area contributed by atoms with Crippen molar-refractivity contribution >= 4 is 23.5 Å². The molecule has 2 rings (SSSR count). The van der Waals surface area contributed by atoms with E-state index < -0.39 is 0 Å². The molecule has 0 N–H and O–H groups in total. The fourth-order valence-electron chi connectivity index (χ4n) is 1.40. The molecule has 0 spiro atoms. The third-order valence-corrected chi connectivity index (χ3v) is 5.08. The second-order valence-corrected chi connectivity index (χ2v) is 5.59. The predicted molar refractivity (Wildman–Crippen MR) is 59.4 cm³/mol. The average molecular weight is 229 g/mol. The minimum atomic E-state index is -0.321. The van der Waals surface area contributed by atoms with Gasteiger partial charge < -0.3 is 4.74 Å². The molecule has 1 radical (unpaired) electrons. The fourth-order valence-corrected chi connectivity index (χ4v) is 4.27. The molecule has 4 heteroatoms. The van der Waals surface area contributed by atoms with Gasteiger partial charge in [0.1, 0.15) is 0 Å². The highest BCUT2D eigenvalue weighted by Gasteiger charge is 2.23. The molecule has 0 aromatic heterocycles. The molecule has 1 saturated heterocycles. The first kappa shape index (κ1) is 10.2. The lowest BCUT2D eigenvalue weighted by atomic mass is 10.2. The summed E-state index contributed by atoms with van der Waals surface area (Å²) in [5.41, 5.74) is 0.917. The smallest absolute Gasteiger partial charge is 0.166 e. The highest BCUT2D eigenvalue weighted by atomic mass is 32.2. The molecule has 0 aliphatic carbocycles. The van der Waals surface area contributed by atoms with Crippen molar-refractivity contribution in [2.45, 2.75) is 4.58 Å². The van der Waals surface area contributed by atoms with E-state index in [1.807, 2.05) is 29.6 Å². The second-order valence-electron chi connectivity index (χ2n) is 2.87. The quantitative estimate of drug-likeness (QED) is 0.771. The lowest BCUT2D eigenvalue weighted by Crippen LogP contribution is -1.95. The largest absolute Gasteiger partial charge is 0.493 e. The summed E-state index contributed by atoms with van der Waals surface area (Å²) in [5.74, 6) is 2.29. The van der Waals surface area contributed by atoms with Gasteiger partial charge in [0.15, 0.2) is 11.6 Å². The van der Waals surface area contributed by atoms with E-state index in [1.165, 1.54) is 13.2 Å². The summed E-state index contributed by atoms with van der Waals surface area (Å²) in [7, 11) is 1.51. The van der Waals surface area contributed by atoms with E-state index in [1.54, 1.807) is 0 Å². The van der Waals surface area contributed by atoms with Gasteiger partial charge in [0, 0.05) is 17.1 Å². The number of hydrogen-bond donors (Lipinski definition) is 0. The molecule has 0 atom stereocenters. The molecule has 1 heterocycles. The van der Waals surface area contributed by atoms with Crippen LogP contribution in [0.3, 0.4) is 0 Å². The summed E-state index contributed by atoms with van der Waals surface area (Å²) in [6.45, 7) is 0. The van der Waals surface area contributed by atoms with Crippen molar-refractivity contribution in [2.24, 2.45) is 0 Å². The van der Waals surface area contributed by atoms with Crippen LogP contribution in [0.25, 0.3) is 0 Å². The van der Waals surface area contributed by atoms with E-state index >= 15 is 0 Å². The Morgan fingerprint density at radius 3 is 2.79 bits per heavy atom. The van der Waals surface area contributed by atoms with Crippen molar-refractivity contribution in [3.8, 4) is 5.75 Å². The number of methoxy groups -OCH3 is 1. The Kier molecular flexibility index (Phi) is 3.23. The van der Waals surface area contributed by atoms with Gasteiger partial charge in [0.2, 0.25) is 0 Å².